The highest BCUT2D eigenvalue weighted by Crippen LogP contribution is 2.42. The highest BCUT2D eigenvalue weighted by molar-refractivity contribution is 5.82. The van der Waals surface area contributed by atoms with E-state index in [0.29, 0.717) is 50.2 Å². The third-order valence-corrected chi connectivity index (χ3v) is 5.72. The van der Waals surface area contributed by atoms with E-state index in [9.17, 15) is 19.5 Å². The van der Waals surface area contributed by atoms with Crippen molar-refractivity contribution in [3.63, 3.8) is 0 Å². The van der Waals surface area contributed by atoms with E-state index in [1.54, 1.807) is 24.3 Å². The summed E-state index contributed by atoms with van der Waals surface area (Å²) in [5.74, 6) is -1.94. The number of carboxylic acids is 2. The molecule has 1 aliphatic carbocycles. The first-order valence-corrected chi connectivity index (χ1v) is 10.4. The van der Waals surface area contributed by atoms with Gasteiger partial charge in [-0.2, -0.15) is 0 Å². The lowest BCUT2D eigenvalue weighted by Crippen LogP contribution is -2.40. The highest BCUT2D eigenvalue weighted by Gasteiger charge is 2.44. The van der Waals surface area contributed by atoms with Crippen LogP contribution in [0.1, 0.15) is 56.9 Å². The van der Waals surface area contributed by atoms with Crippen LogP contribution in [0.4, 0.5) is 0 Å². The summed E-state index contributed by atoms with van der Waals surface area (Å²) < 4.78 is 10.6. The molecule has 1 aliphatic rings. The van der Waals surface area contributed by atoms with Crippen LogP contribution in [0.3, 0.4) is 0 Å². The summed E-state index contributed by atoms with van der Waals surface area (Å²) in [5.41, 5.74) is -0.334. The normalized spacial score (nSPS) is 20.9. The fraction of sp³-hybridized carbons (Fsp3) is 0.522. The third-order valence-electron chi connectivity index (χ3n) is 5.72. The Labute approximate surface area is 176 Å². The second-order valence-electron chi connectivity index (χ2n) is 7.66. The molecule has 7 nitrogen and oxygen atoms in total. The van der Waals surface area contributed by atoms with Crippen LogP contribution < -0.4 is 4.74 Å². The lowest BCUT2D eigenvalue weighted by molar-refractivity contribution is -0.150. The smallest absolute Gasteiger partial charge is 0.330 e. The molecule has 1 fully saturated rings. The molecule has 0 radical (unpaired) electrons. The molecule has 0 heterocycles. The molecule has 30 heavy (non-hydrogen) atoms. The number of benzene rings is 1. The summed E-state index contributed by atoms with van der Waals surface area (Å²) >= 11 is 0. The van der Waals surface area contributed by atoms with E-state index in [4.69, 9.17) is 14.6 Å². The van der Waals surface area contributed by atoms with Crippen molar-refractivity contribution in [1.82, 2.24) is 0 Å². The van der Waals surface area contributed by atoms with Crippen LogP contribution in [0.5, 0.6) is 5.75 Å². The predicted molar refractivity (Wildman–Crippen MR) is 110 cm³/mol. The van der Waals surface area contributed by atoms with E-state index in [1.165, 1.54) is 0 Å². The number of carbonyl (C=O) groups excluding carboxylic acids is 1. The van der Waals surface area contributed by atoms with Gasteiger partial charge in [0.1, 0.15) is 5.75 Å². The lowest BCUT2D eigenvalue weighted by Gasteiger charge is -2.36. The molecule has 1 aromatic rings. The number of esters is 1. The number of unbranched alkanes of at least 4 members (excludes halogenated alkanes) is 3. The molecule has 0 atom stereocenters. The van der Waals surface area contributed by atoms with Gasteiger partial charge in [-0.05, 0) is 69.1 Å². The van der Waals surface area contributed by atoms with Crippen molar-refractivity contribution in [2.45, 2.75) is 56.8 Å². The molecule has 0 amide bonds. The van der Waals surface area contributed by atoms with E-state index in [-0.39, 0.29) is 0 Å². The zero-order valence-electron chi connectivity index (χ0n) is 17.2. The van der Waals surface area contributed by atoms with Gasteiger partial charge in [-0.25, -0.2) is 4.79 Å². The van der Waals surface area contributed by atoms with Crippen LogP contribution in [-0.4, -0.2) is 41.3 Å². The second kappa shape index (κ2) is 11.4. The average molecular weight is 418 g/mol. The van der Waals surface area contributed by atoms with Gasteiger partial charge in [0.05, 0.1) is 24.5 Å². The third kappa shape index (κ3) is 6.34. The first-order chi connectivity index (χ1) is 14.4. The molecule has 0 aromatic heterocycles. The van der Waals surface area contributed by atoms with Gasteiger partial charge in [0.2, 0.25) is 0 Å². The molecule has 0 spiro atoms. The molecule has 7 heteroatoms. The SMILES string of the molecule is C=CC(=O)OCCCCCCOc1ccc(C2(C(=O)O)CCC(C(=O)O)CC2)cc1. The summed E-state index contributed by atoms with van der Waals surface area (Å²) in [7, 11) is 0. The van der Waals surface area contributed by atoms with Gasteiger partial charge in [0.15, 0.2) is 0 Å². The van der Waals surface area contributed by atoms with Gasteiger partial charge >= 0.3 is 17.9 Å². The number of carbonyl (C=O) groups is 3. The summed E-state index contributed by atoms with van der Waals surface area (Å²) in [6, 6.07) is 7.10. The van der Waals surface area contributed by atoms with E-state index >= 15 is 0 Å². The van der Waals surface area contributed by atoms with Crippen molar-refractivity contribution in [2.24, 2.45) is 5.92 Å². The number of aliphatic carboxylic acids is 2. The Morgan fingerprint density at radius 3 is 2.13 bits per heavy atom. The van der Waals surface area contributed by atoms with Gasteiger partial charge in [0.25, 0.3) is 0 Å². The minimum absolute atomic E-state index is 0.321. The van der Waals surface area contributed by atoms with Crippen LogP contribution >= 0.6 is 0 Å². The molecule has 2 N–H and O–H groups in total. The molecule has 2 rings (SSSR count). The van der Waals surface area contributed by atoms with Crippen molar-refractivity contribution in [2.75, 3.05) is 13.2 Å². The standard InChI is InChI=1S/C23H30O7/c1-2-20(24)30-16-6-4-3-5-15-29-19-9-7-18(8-10-19)23(22(27)28)13-11-17(12-14-23)21(25)26/h2,7-10,17H,1,3-6,11-16H2,(H,25,26)(H,27,28). The Balaban J connectivity index is 1.77. The first kappa shape index (κ1) is 23.4. The minimum atomic E-state index is -1.03. The topological polar surface area (TPSA) is 110 Å². The Morgan fingerprint density at radius 1 is 1.00 bits per heavy atom. The predicted octanol–water partition coefficient (Wildman–Crippen LogP) is 3.95. The van der Waals surface area contributed by atoms with Crippen molar-refractivity contribution in [1.29, 1.82) is 0 Å². The number of hydrogen-bond acceptors (Lipinski definition) is 5. The summed E-state index contributed by atoms with van der Waals surface area (Å²) in [6.45, 7) is 4.29. The lowest BCUT2D eigenvalue weighted by atomic mass is 9.66. The zero-order valence-corrected chi connectivity index (χ0v) is 17.2. The highest BCUT2D eigenvalue weighted by atomic mass is 16.5. The second-order valence-corrected chi connectivity index (χ2v) is 7.66. The molecular weight excluding hydrogens is 388 g/mol. The van der Waals surface area contributed by atoms with E-state index in [2.05, 4.69) is 6.58 Å². The van der Waals surface area contributed by atoms with Crippen molar-refractivity contribution < 1.29 is 34.1 Å². The van der Waals surface area contributed by atoms with Crippen LogP contribution in [0.25, 0.3) is 0 Å². The molecule has 164 valence electrons. The maximum Gasteiger partial charge on any atom is 0.330 e. The maximum atomic E-state index is 12.0. The fourth-order valence-electron chi connectivity index (χ4n) is 3.83. The van der Waals surface area contributed by atoms with Crippen molar-refractivity contribution in [3.05, 3.63) is 42.5 Å². The molecular formula is C23H30O7. The van der Waals surface area contributed by atoms with E-state index < -0.39 is 29.2 Å². The molecule has 0 saturated heterocycles. The molecule has 0 aliphatic heterocycles. The number of rotatable bonds is 12. The number of hydrogen-bond donors (Lipinski definition) is 2. The minimum Gasteiger partial charge on any atom is -0.494 e. The Kier molecular flexibility index (Phi) is 8.89. The summed E-state index contributed by atoms with van der Waals surface area (Å²) in [6.07, 6.45) is 6.09. The Hall–Kier alpha value is -2.83. The molecule has 1 saturated carbocycles. The zero-order chi connectivity index (χ0) is 22.0. The molecule has 0 bridgehead atoms. The quantitative estimate of drug-likeness (QED) is 0.300. The first-order valence-electron chi connectivity index (χ1n) is 10.4. The number of carboxylic acid groups (broad SMARTS) is 2. The van der Waals surface area contributed by atoms with E-state index in [0.717, 1.165) is 31.8 Å². The van der Waals surface area contributed by atoms with Crippen LogP contribution in [0.15, 0.2) is 36.9 Å². The van der Waals surface area contributed by atoms with Gasteiger partial charge < -0.3 is 19.7 Å². The van der Waals surface area contributed by atoms with Gasteiger partial charge in [-0.1, -0.05) is 18.7 Å². The van der Waals surface area contributed by atoms with Crippen LogP contribution in [0.2, 0.25) is 0 Å². The van der Waals surface area contributed by atoms with Crippen molar-refractivity contribution in [3.8, 4) is 5.75 Å². The van der Waals surface area contributed by atoms with Crippen LogP contribution in [-0.2, 0) is 24.5 Å². The fourth-order valence-corrected chi connectivity index (χ4v) is 3.83. The summed E-state index contributed by atoms with van der Waals surface area (Å²) in [5, 5.41) is 19.0. The largest absolute Gasteiger partial charge is 0.494 e. The van der Waals surface area contributed by atoms with E-state index in [1.807, 2.05) is 0 Å². The average Bonchev–Trinajstić information content (AvgIpc) is 2.75. The maximum absolute atomic E-state index is 12.0. The van der Waals surface area contributed by atoms with Gasteiger partial charge in [0, 0.05) is 6.08 Å². The van der Waals surface area contributed by atoms with Crippen molar-refractivity contribution >= 4 is 17.9 Å². The molecule has 1 aromatic carbocycles. The van der Waals surface area contributed by atoms with Crippen LogP contribution in [0, 0.1) is 5.92 Å². The van der Waals surface area contributed by atoms with Gasteiger partial charge in [-0.15, -0.1) is 0 Å². The molecule has 0 unspecified atom stereocenters. The Morgan fingerprint density at radius 2 is 1.60 bits per heavy atom. The Bertz CT molecular complexity index is 730. The monoisotopic (exact) mass is 418 g/mol. The number of ether oxygens (including phenoxy) is 2. The summed E-state index contributed by atoms with van der Waals surface area (Å²) in [4.78, 5) is 34.1. The van der Waals surface area contributed by atoms with Gasteiger partial charge in [-0.3, -0.25) is 9.59 Å².